The molecule has 1 aliphatic carbocycles. The van der Waals surface area contributed by atoms with Crippen molar-refractivity contribution in [3.63, 3.8) is 0 Å². The van der Waals surface area contributed by atoms with Crippen molar-refractivity contribution >= 4 is 27.9 Å². The predicted octanol–water partition coefficient (Wildman–Crippen LogP) is 3.95. The van der Waals surface area contributed by atoms with Crippen LogP contribution in [0.15, 0.2) is 28.7 Å². The van der Waals surface area contributed by atoms with Gasteiger partial charge in [-0.2, -0.15) is 0 Å². The van der Waals surface area contributed by atoms with Crippen molar-refractivity contribution in [2.24, 2.45) is 0 Å². The maximum Gasteiger partial charge on any atom is 0.0247 e. The topological polar surface area (TPSA) is 12.0 Å². The highest BCUT2D eigenvalue weighted by atomic mass is 79.9. The van der Waals surface area contributed by atoms with E-state index >= 15 is 0 Å². The second-order valence-electron chi connectivity index (χ2n) is 4.28. The number of halogens is 1. The van der Waals surface area contributed by atoms with E-state index in [9.17, 15) is 0 Å². The van der Waals surface area contributed by atoms with E-state index in [1.54, 1.807) is 0 Å². The van der Waals surface area contributed by atoms with Crippen LogP contribution in [-0.4, -0.2) is 11.3 Å². The van der Waals surface area contributed by atoms with Gasteiger partial charge >= 0.3 is 0 Å². The molecule has 0 radical (unpaired) electrons. The van der Waals surface area contributed by atoms with Crippen LogP contribution < -0.4 is 4.72 Å². The summed E-state index contributed by atoms with van der Waals surface area (Å²) in [6.45, 7) is 4.43. The zero-order valence-corrected chi connectivity index (χ0v) is 11.4. The number of benzene rings is 1. The van der Waals surface area contributed by atoms with Crippen LogP contribution in [0, 0.1) is 0 Å². The van der Waals surface area contributed by atoms with Crippen LogP contribution in [0.25, 0.3) is 0 Å². The Kier molecular flexibility index (Phi) is 3.75. The molecular weight excluding hydrogens is 270 g/mol. The summed E-state index contributed by atoms with van der Waals surface area (Å²) in [7, 11) is 0. The summed E-state index contributed by atoms with van der Waals surface area (Å²) < 4.78 is 4.68. The molecule has 2 unspecified atom stereocenters. The fraction of sp³-hybridized carbons (Fsp3) is 0.500. The first-order chi connectivity index (χ1) is 7.16. The molecule has 2 atom stereocenters. The van der Waals surface area contributed by atoms with E-state index in [1.165, 1.54) is 12.0 Å². The second kappa shape index (κ2) is 4.89. The first-order valence-corrected chi connectivity index (χ1v) is 7.00. The third kappa shape index (κ3) is 3.23. The van der Waals surface area contributed by atoms with Gasteiger partial charge in [0.2, 0.25) is 0 Å². The quantitative estimate of drug-likeness (QED) is 0.841. The predicted molar refractivity (Wildman–Crippen MR) is 71.2 cm³/mol. The van der Waals surface area contributed by atoms with Crippen LogP contribution in [0.2, 0.25) is 0 Å². The lowest BCUT2D eigenvalue weighted by atomic mass is 10.1. The second-order valence-corrected chi connectivity index (χ2v) is 6.61. The number of rotatable bonds is 4. The molecule has 0 amide bonds. The number of nitrogens with one attached hydrogen (secondary N) is 1. The minimum Gasteiger partial charge on any atom is -0.260 e. The smallest absolute Gasteiger partial charge is 0.0247 e. The van der Waals surface area contributed by atoms with Crippen LogP contribution in [-0.2, 0) is 0 Å². The van der Waals surface area contributed by atoms with Crippen LogP contribution in [0.5, 0.6) is 0 Å². The molecule has 0 aliphatic heterocycles. The molecule has 3 heteroatoms. The molecular formula is C12H16BrNS. The Morgan fingerprint density at radius 2 is 2.00 bits per heavy atom. The van der Waals surface area contributed by atoms with Gasteiger partial charge in [-0.1, -0.05) is 53.9 Å². The first-order valence-electron chi connectivity index (χ1n) is 5.33. The summed E-state index contributed by atoms with van der Waals surface area (Å²) in [5.41, 5.74) is 1.46. The highest BCUT2D eigenvalue weighted by Crippen LogP contribution is 2.42. The molecule has 15 heavy (non-hydrogen) atoms. The fourth-order valence-electron chi connectivity index (χ4n) is 1.63. The molecule has 82 valence electrons. The molecule has 0 bridgehead atoms. The molecule has 1 aromatic carbocycles. The van der Waals surface area contributed by atoms with E-state index in [-0.39, 0.29) is 0 Å². The van der Waals surface area contributed by atoms with Gasteiger partial charge in [-0.3, -0.25) is 4.72 Å². The summed E-state index contributed by atoms with van der Waals surface area (Å²) in [5.74, 6) is 0.726. The van der Waals surface area contributed by atoms with Crippen molar-refractivity contribution in [2.45, 2.75) is 37.5 Å². The summed E-state index contributed by atoms with van der Waals surface area (Å²) >= 11 is 5.30. The number of hydrogen-bond donors (Lipinski definition) is 1. The van der Waals surface area contributed by atoms with Crippen LogP contribution in [0.1, 0.15) is 31.7 Å². The molecule has 1 saturated carbocycles. The van der Waals surface area contributed by atoms with Gasteiger partial charge in [0.25, 0.3) is 0 Å². The van der Waals surface area contributed by atoms with Crippen molar-refractivity contribution in [2.75, 3.05) is 0 Å². The zero-order chi connectivity index (χ0) is 10.8. The van der Waals surface area contributed by atoms with Gasteiger partial charge in [0, 0.05) is 21.7 Å². The largest absolute Gasteiger partial charge is 0.260 e. The molecule has 1 aliphatic rings. The fourth-order valence-corrected chi connectivity index (χ4v) is 2.60. The average Bonchev–Trinajstić information content (AvgIpc) is 2.95. The molecule has 0 heterocycles. The minimum atomic E-state index is 0.663. The SMILES string of the molecule is CC(C)SNC1CC1c1ccc(Br)cc1. The minimum absolute atomic E-state index is 0.663. The van der Waals surface area contributed by atoms with Gasteiger partial charge < -0.3 is 0 Å². The summed E-state index contributed by atoms with van der Waals surface area (Å²) in [6, 6.07) is 9.37. The Bertz CT molecular complexity index is 323. The third-order valence-electron chi connectivity index (χ3n) is 2.54. The van der Waals surface area contributed by atoms with Gasteiger partial charge in [0.15, 0.2) is 0 Å². The summed E-state index contributed by atoms with van der Waals surface area (Å²) in [6.07, 6.45) is 1.28. The third-order valence-corrected chi connectivity index (χ3v) is 3.98. The first kappa shape index (κ1) is 11.5. The lowest BCUT2D eigenvalue weighted by molar-refractivity contribution is 0.907. The van der Waals surface area contributed by atoms with Gasteiger partial charge in [-0.25, -0.2) is 0 Å². The Labute approximate surface area is 104 Å². The molecule has 1 aromatic rings. The molecule has 0 saturated heterocycles. The van der Waals surface area contributed by atoms with E-state index < -0.39 is 0 Å². The molecule has 1 nitrogen and oxygen atoms in total. The molecule has 1 N–H and O–H groups in total. The Balaban J connectivity index is 1.85. The summed E-state index contributed by atoms with van der Waals surface area (Å²) in [5, 5.41) is 0.663. The maximum absolute atomic E-state index is 3.52. The zero-order valence-electron chi connectivity index (χ0n) is 9.03. The van der Waals surface area contributed by atoms with Crippen molar-refractivity contribution < 1.29 is 0 Å². The molecule has 0 aromatic heterocycles. The van der Waals surface area contributed by atoms with Crippen LogP contribution in [0.4, 0.5) is 0 Å². The van der Waals surface area contributed by atoms with Crippen molar-refractivity contribution in [3.05, 3.63) is 34.3 Å². The molecule has 0 spiro atoms. The van der Waals surface area contributed by atoms with E-state index in [0.29, 0.717) is 11.3 Å². The normalized spacial score (nSPS) is 24.5. The van der Waals surface area contributed by atoms with E-state index in [4.69, 9.17) is 0 Å². The van der Waals surface area contributed by atoms with Gasteiger partial charge in [-0.05, 0) is 24.1 Å². The average molecular weight is 286 g/mol. The monoisotopic (exact) mass is 285 g/mol. The standard InChI is InChI=1S/C12H16BrNS/c1-8(2)15-14-12-7-11(12)9-3-5-10(13)6-4-9/h3-6,8,11-12,14H,7H2,1-2H3. The van der Waals surface area contributed by atoms with E-state index in [2.05, 4.69) is 58.8 Å². The van der Waals surface area contributed by atoms with Crippen molar-refractivity contribution in [1.29, 1.82) is 0 Å². The highest BCUT2D eigenvalue weighted by Gasteiger charge is 2.38. The van der Waals surface area contributed by atoms with Crippen LogP contribution in [0.3, 0.4) is 0 Å². The molecule has 2 rings (SSSR count). The Morgan fingerprint density at radius 3 is 2.60 bits per heavy atom. The van der Waals surface area contributed by atoms with Gasteiger partial charge in [0.1, 0.15) is 0 Å². The number of hydrogen-bond acceptors (Lipinski definition) is 2. The Hall–Kier alpha value is 0.01000. The summed E-state index contributed by atoms with van der Waals surface area (Å²) in [4.78, 5) is 0. The van der Waals surface area contributed by atoms with Gasteiger partial charge in [0.05, 0.1) is 0 Å². The molecule has 1 fully saturated rings. The van der Waals surface area contributed by atoms with E-state index in [1.807, 2.05) is 11.9 Å². The lowest BCUT2D eigenvalue weighted by Crippen LogP contribution is -2.11. The lowest BCUT2D eigenvalue weighted by Gasteiger charge is -2.06. The highest BCUT2D eigenvalue weighted by molar-refractivity contribution is 9.10. The van der Waals surface area contributed by atoms with E-state index in [0.717, 1.165) is 10.4 Å². The maximum atomic E-state index is 3.52. The van der Waals surface area contributed by atoms with Gasteiger partial charge in [-0.15, -0.1) is 0 Å². The Morgan fingerprint density at radius 1 is 1.33 bits per heavy atom. The van der Waals surface area contributed by atoms with Crippen LogP contribution >= 0.6 is 27.9 Å². The van der Waals surface area contributed by atoms with Crippen molar-refractivity contribution in [3.8, 4) is 0 Å². The van der Waals surface area contributed by atoms with Crippen molar-refractivity contribution in [1.82, 2.24) is 4.72 Å².